The second-order valence-electron chi connectivity index (χ2n) is 4.21. The van der Waals surface area contributed by atoms with Crippen molar-refractivity contribution in [3.63, 3.8) is 0 Å². The minimum Gasteiger partial charge on any atom is -0.380 e. The third-order valence-corrected chi connectivity index (χ3v) is 3.56. The Morgan fingerprint density at radius 3 is 2.80 bits per heavy atom. The quantitative estimate of drug-likeness (QED) is 0.878. The maximum absolute atomic E-state index is 12.2. The zero-order valence-corrected chi connectivity index (χ0v) is 13.2. The molecule has 2 rings (SSSR count). The van der Waals surface area contributed by atoms with Gasteiger partial charge in [-0.2, -0.15) is 0 Å². The molecular formula is C15H13BrClNO2. The smallest absolute Gasteiger partial charge is 0.256 e. The molecule has 0 atom stereocenters. The van der Waals surface area contributed by atoms with Crippen molar-refractivity contribution in [1.82, 2.24) is 0 Å². The van der Waals surface area contributed by atoms with E-state index in [4.69, 9.17) is 16.3 Å². The SMILES string of the molecule is COCc1cccc(NC(=O)c2ccc(Cl)cc2Br)c1. The molecule has 0 aliphatic heterocycles. The highest BCUT2D eigenvalue weighted by Gasteiger charge is 2.10. The first-order valence-corrected chi connectivity index (χ1v) is 7.11. The molecule has 0 fully saturated rings. The molecule has 0 bridgehead atoms. The number of nitrogens with one attached hydrogen (secondary N) is 1. The van der Waals surface area contributed by atoms with E-state index in [2.05, 4.69) is 21.2 Å². The van der Waals surface area contributed by atoms with Crippen molar-refractivity contribution in [3.05, 3.63) is 63.1 Å². The normalized spacial score (nSPS) is 10.3. The minimum absolute atomic E-state index is 0.192. The van der Waals surface area contributed by atoms with Crippen LogP contribution in [0.25, 0.3) is 0 Å². The van der Waals surface area contributed by atoms with Gasteiger partial charge in [0.15, 0.2) is 0 Å². The van der Waals surface area contributed by atoms with Crippen LogP contribution < -0.4 is 5.32 Å². The molecule has 0 aromatic heterocycles. The van der Waals surface area contributed by atoms with E-state index in [9.17, 15) is 4.79 Å². The van der Waals surface area contributed by atoms with Gasteiger partial charge >= 0.3 is 0 Å². The van der Waals surface area contributed by atoms with Crippen LogP contribution in [0.3, 0.4) is 0 Å². The summed E-state index contributed by atoms with van der Waals surface area (Å²) in [4.78, 5) is 12.2. The molecule has 20 heavy (non-hydrogen) atoms. The molecule has 0 aliphatic carbocycles. The molecule has 0 saturated carbocycles. The summed E-state index contributed by atoms with van der Waals surface area (Å²) >= 11 is 9.20. The Morgan fingerprint density at radius 2 is 2.10 bits per heavy atom. The fraction of sp³-hybridized carbons (Fsp3) is 0.133. The summed E-state index contributed by atoms with van der Waals surface area (Å²) in [6, 6.07) is 12.6. The second-order valence-corrected chi connectivity index (χ2v) is 5.50. The number of amides is 1. The highest BCUT2D eigenvalue weighted by atomic mass is 79.9. The molecule has 104 valence electrons. The molecule has 0 radical (unpaired) electrons. The number of ether oxygens (including phenoxy) is 1. The predicted molar refractivity (Wildman–Crippen MR) is 84.3 cm³/mol. The van der Waals surface area contributed by atoms with Gasteiger partial charge in [0.25, 0.3) is 5.91 Å². The summed E-state index contributed by atoms with van der Waals surface area (Å²) in [5.41, 5.74) is 2.26. The molecule has 2 aromatic rings. The van der Waals surface area contributed by atoms with Crippen LogP contribution in [-0.2, 0) is 11.3 Å². The third kappa shape index (κ3) is 3.82. The van der Waals surface area contributed by atoms with Crippen molar-refractivity contribution < 1.29 is 9.53 Å². The van der Waals surface area contributed by atoms with Crippen LogP contribution in [0.1, 0.15) is 15.9 Å². The van der Waals surface area contributed by atoms with Crippen LogP contribution in [0.4, 0.5) is 5.69 Å². The first-order chi connectivity index (χ1) is 9.60. The lowest BCUT2D eigenvalue weighted by Crippen LogP contribution is -2.12. The Bertz CT molecular complexity index is 631. The molecule has 0 aliphatic rings. The Kier molecular flexibility index (Phi) is 5.17. The highest BCUT2D eigenvalue weighted by molar-refractivity contribution is 9.10. The van der Waals surface area contributed by atoms with E-state index in [1.807, 2.05) is 24.3 Å². The van der Waals surface area contributed by atoms with Gasteiger partial charge in [-0.15, -0.1) is 0 Å². The molecule has 0 heterocycles. The highest BCUT2D eigenvalue weighted by Crippen LogP contribution is 2.22. The Balaban J connectivity index is 2.17. The third-order valence-electron chi connectivity index (χ3n) is 2.67. The molecule has 1 N–H and O–H groups in total. The van der Waals surface area contributed by atoms with Crippen molar-refractivity contribution in [1.29, 1.82) is 0 Å². The van der Waals surface area contributed by atoms with Crippen LogP contribution in [-0.4, -0.2) is 13.0 Å². The van der Waals surface area contributed by atoms with E-state index in [1.54, 1.807) is 25.3 Å². The van der Waals surface area contributed by atoms with Crippen LogP contribution in [0, 0.1) is 0 Å². The van der Waals surface area contributed by atoms with Gasteiger partial charge in [0, 0.05) is 22.3 Å². The van der Waals surface area contributed by atoms with Gasteiger partial charge in [-0.05, 0) is 51.8 Å². The summed E-state index contributed by atoms with van der Waals surface area (Å²) in [6.07, 6.45) is 0. The summed E-state index contributed by atoms with van der Waals surface area (Å²) in [7, 11) is 1.63. The lowest BCUT2D eigenvalue weighted by Gasteiger charge is -2.08. The number of carbonyl (C=O) groups excluding carboxylic acids is 1. The van der Waals surface area contributed by atoms with Crippen molar-refractivity contribution in [2.45, 2.75) is 6.61 Å². The van der Waals surface area contributed by atoms with Gasteiger partial charge in [-0.25, -0.2) is 0 Å². The van der Waals surface area contributed by atoms with E-state index >= 15 is 0 Å². The lowest BCUT2D eigenvalue weighted by molar-refractivity contribution is 0.102. The summed E-state index contributed by atoms with van der Waals surface area (Å²) in [5, 5.41) is 3.43. The monoisotopic (exact) mass is 353 g/mol. The molecule has 0 unspecified atom stereocenters. The molecule has 2 aromatic carbocycles. The number of benzene rings is 2. The van der Waals surface area contributed by atoms with E-state index in [-0.39, 0.29) is 5.91 Å². The maximum atomic E-state index is 12.2. The Hall–Kier alpha value is -1.36. The van der Waals surface area contributed by atoms with E-state index in [1.165, 1.54) is 0 Å². The topological polar surface area (TPSA) is 38.3 Å². The molecule has 3 nitrogen and oxygen atoms in total. The van der Waals surface area contributed by atoms with E-state index in [0.717, 1.165) is 11.3 Å². The van der Waals surface area contributed by atoms with Gasteiger partial charge in [0.05, 0.1) is 12.2 Å². The van der Waals surface area contributed by atoms with Gasteiger partial charge in [0.2, 0.25) is 0 Å². The van der Waals surface area contributed by atoms with Crippen molar-refractivity contribution in [3.8, 4) is 0 Å². The van der Waals surface area contributed by atoms with Crippen LogP contribution in [0.2, 0.25) is 5.02 Å². The molecule has 5 heteroatoms. The van der Waals surface area contributed by atoms with Gasteiger partial charge in [-0.3, -0.25) is 4.79 Å². The second kappa shape index (κ2) is 6.88. The Morgan fingerprint density at radius 1 is 1.30 bits per heavy atom. The van der Waals surface area contributed by atoms with Gasteiger partial charge in [-0.1, -0.05) is 23.7 Å². The largest absolute Gasteiger partial charge is 0.380 e. The number of hydrogen-bond acceptors (Lipinski definition) is 2. The van der Waals surface area contributed by atoms with Crippen LogP contribution in [0.5, 0.6) is 0 Å². The first kappa shape index (κ1) is 15.0. The zero-order chi connectivity index (χ0) is 14.5. The summed E-state index contributed by atoms with van der Waals surface area (Å²) in [6.45, 7) is 0.508. The maximum Gasteiger partial charge on any atom is 0.256 e. The molecule has 0 spiro atoms. The van der Waals surface area contributed by atoms with Gasteiger partial charge < -0.3 is 10.1 Å². The number of hydrogen-bond donors (Lipinski definition) is 1. The fourth-order valence-corrected chi connectivity index (χ4v) is 2.64. The van der Waals surface area contributed by atoms with Crippen LogP contribution >= 0.6 is 27.5 Å². The average Bonchev–Trinajstić information content (AvgIpc) is 2.39. The average molecular weight is 355 g/mol. The molecular weight excluding hydrogens is 342 g/mol. The lowest BCUT2D eigenvalue weighted by atomic mass is 10.2. The van der Waals surface area contributed by atoms with Crippen molar-refractivity contribution >= 4 is 39.1 Å². The standard InChI is InChI=1S/C15H13BrClNO2/c1-20-9-10-3-2-4-12(7-10)18-15(19)13-6-5-11(17)8-14(13)16/h2-8H,9H2,1H3,(H,18,19). The number of halogens is 2. The number of rotatable bonds is 4. The fourth-order valence-electron chi connectivity index (χ4n) is 1.78. The minimum atomic E-state index is -0.192. The summed E-state index contributed by atoms with van der Waals surface area (Å²) < 4.78 is 5.73. The van der Waals surface area contributed by atoms with Crippen molar-refractivity contribution in [2.24, 2.45) is 0 Å². The van der Waals surface area contributed by atoms with Crippen molar-refractivity contribution in [2.75, 3.05) is 12.4 Å². The summed E-state index contributed by atoms with van der Waals surface area (Å²) in [5.74, 6) is -0.192. The zero-order valence-electron chi connectivity index (χ0n) is 10.8. The number of carbonyl (C=O) groups is 1. The Labute approximate surface area is 131 Å². The van der Waals surface area contributed by atoms with Gasteiger partial charge in [0.1, 0.15) is 0 Å². The molecule has 0 saturated heterocycles. The predicted octanol–water partition coefficient (Wildman–Crippen LogP) is 4.50. The first-order valence-electron chi connectivity index (χ1n) is 5.94. The van der Waals surface area contributed by atoms with Crippen LogP contribution in [0.15, 0.2) is 46.9 Å². The number of anilines is 1. The van der Waals surface area contributed by atoms with E-state index < -0.39 is 0 Å². The number of methoxy groups -OCH3 is 1. The van der Waals surface area contributed by atoms with E-state index in [0.29, 0.717) is 21.7 Å². The molecule has 1 amide bonds.